The van der Waals surface area contributed by atoms with Crippen molar-refractivity contribution in [1.29, 1.82) is 0 Å². The van der Waals surface area contributed by atoms with Crippen molar-refractivity contribution in [2.45, 2.75) is 38.8 Å². The van der Waals surface area contributed by atoms with Crippen LogP contribution < -0.4 is 10.6 Å². The number of hydrogen-bond acceptors (Lipinski definition) is 3. The summed E-state index contributed by atoms with van der Waals surface area (Å²) in [6.07, 6.45) is 1.06. The molecule has 0 aliphatic carbocycles. The maximum Gasteiger partial charge on any atom is 0.123 e. The second kappa shape index (κ2) is 6.10. The number of benzene rings is 1. The number of hydrogen-bond donors (Lipinski definition) is 1. The molecule has 1 aromatic carbocycles. The molecule has 20 heavy (non-hydrogen) atoms. The van der Waals surface area contributed by atoms with Crippen molar-refractivity contribution >= 4 is 5.69 Å². The van der Waals surface area contributed by atoms with Gasteiger partial charge in [-0.3, -0.25) is 4.90 Å². The number of halogens is 1. The largest absolute Gasteiger partial charge is 0.364 e. The second-order valence-electron chi connectivity index (χ2n) is 5.96. The molecular weight excluding hydrogens is 253 g/mol. The molecule has 1 atom stereocenters. The Labute approximate surface area is 121 Å². The number of likely N-dealkylation sites (N-methyl/N-ethyl adjacent to an activating group) is 1. The number of rotatable bonds is 5. The third-order valence-electron chi connectivity index (χ3n) is 4.50. The van der Waals surface area contributed by atoms with Crippen LogP contribution >= 0.6 is 0 Å². The van der Waals surface area contributed by atoms with Gasteiger partial charge in [-0.25, -0.2) is 4.39 Å². The summed E-state index contributed by atoms with van der Waals surface area (Å²) >= 11 is 0. The smallest absolute Gasteiger partial charge is 0.123 e. The van der Waals surface area contributed by atoms with Gasteiger partial charge in [-0.2, -0.15) is 0 Å². The van der Waals surface area contributed by atoms with Crippen molar-refractivity contribution in [2.75, 3.05) is 31.1 Å². The molecule has 1 heterocycles. The van der Waals surface area contributed by atoms with Gasteiger partial charge >= 0.3 is 0 Å². The van der Waals surface area contributed by atoms with Crippen molar-refractivity contribution in [3.05, 3.63) is 30.1 Å². The van der Waals surface area contributed by atoms with E-state index in [1.165, 1.54) is 12.1 Å². The maximum absolute atomic E-state index is 13.1. The molecule has 1 unspecified atom stereocenters. The molecule has 1 aromatic rings. The fourth-order valence-electron chi connectivity index (χ4n) is 3.24. The highest BCUT2D eigenvalue weighted by atomic mass is 19.1. The normalized spacial score (nSPS) is 23.5. The van der Waals surface area contributed by atoms with Crippen molar-refractivity contribution < 1.29 is 4.39 Å². The molecule has 0 spiro atoms. The first-order valence-electron chi connectivity index (χ1n) is 7.50. The van der Waals surface area contributed by atoms with Gasteiger partial charge in [-0.1, -0.05) is 0 Å². The topological polar surface area (TPSA) is 32.5 Å². The van der Waals surface area contributed by atoms with Crippen LogP contribution in [0.25, 0.3) is 0 Å². The van der Waals surface area contributed by atoms with E-state index >= 15 is 0 Å². The highest BCUT2D eigenvalue weighted by molar-refractivity contribution is 5.50. The predicted molar refractivity (Wildman–Crippen MR) is 82.5 cm³/mol. The Morgan fingerprint density at radius 3 is 2.45 bits per heavy atom. The van der Waals surface area contributed by atoms with Crippen molar-refractivity contribution in [2.24, 2.45) is 5.73 Å². The lowest BCUT2D eigenvalue weighted by Gasteiger charge is -2.42. The average molecular weight is 279 g/mol. The van der Waals surface area contributed by atoms with Gasteiger partial charge in [0.05, 0.1) is 5.54 Å². The van der Waals surface area contributed by atoms with Gasteiger partial charge in [0.2, 0.25) is 0 Å². The Bertz CT molecular complexity index is 432. The third kappa shape index (κ3) is 2.81. The lowest BCUT2D eigenvalue weighted by Crippen LogP contribution is -2.56. The molecule has 2 N–H and O–H groups in total. The number of likely N-dealkylation sites (tertiary alicyclic amines) is 1. The Kier molecular flexibility index (Phi) is 4.66. The Morgan fingerprint density at radius 1 is 1.35 bits per heavy atom. The van der Waals surface area contributed by atoms with Crippen molar-refractivity contribution in [3.8, 4) is 0 Å². The van der Waals surface area contributed by atoms with E-state index in [-0.39, 0.29) is 11.4 Å². The van der Waals surface area contributed by atoms with Gasteiger partial charge in [0.1, 0.15) is 5.82 Å². The van der Waals surface area contributed by atoms with E-state index in [0.717, 1.165) is 31.7 Å². The van der Waals surface area contributed by atoms with Crippen molar-refractivity contribution in [3.63, 3.8) is 0 Å². The van der Waals surface area contributed by atoms with E-state index in [9.17, 15) is 4.39 Å². The van der Waals surface area contributed by atoms with E-state index in [1.807, 2.05) is 12.1 Å². The summed E-state index contributed by atoms with van der Waals surface area (Å²) < 4.78 is 13.1. The predicted octanol–water partition coefficient (Wildman–Crippen LogP) is 2.46. The lowest BCUT2D eigenvalue weighted by molar-refractivity contribution is 0.254. The Balaban J connectivity index is 2.26. The molecule has 1 saturated heterocycles. The van der Waals surface area contributed by atoms with Crippen LogP contribution in [0.5, 0.6) is 0 Å². The molecule has 1 aliphatic rings. The van der Waals surface area contributed by atoms with E-state index in [2.05, 4.69) is 30.6 Å². The summed E-state index contributed by atoms with van der Waals surface area (Å²) in [5, 5.41) is 0. The monoisotopic (exact) mass is 279 g/mol. The molecule has 0 saturated carbocycles. The van der Waals surface area contributed by atoms with Crippen LogP contribution in [-0.2, 0) is 0 Å². The van der Waals surface area contributed by atoms with Crippen LogP contribution in [0.2, 0.25) is 0 Å². The Hall–Kier alpha value is -1.13. The van der Waals surface area contributed by atoms with Crippen LogP contribution in [0, 0.1) is 5.82 Å². The molecule has 0 bridgehead atoms. The first-order chi connectivity index (χ1) is 9.52. The zero-order valence-electron chi connectivity index (χ0n) is 12.8. The van der Waals surface area contributed by atoms with E-state index < -0.39 is 0 Å². The second-order valence-corrected chi connectivity index (χ2v) is 5.96. The maximum atomic E-state index is 13.1. The highest BCUT2D eigenvalue weighted by Gasteiger charge is 2.42. The first kappa shape index (κ1) is 15.3. The quantitative estimate of drug-likeness (QED) is 0.898. The van der Waals surface area contributed by atoms with E-state index in [1.54, 1.807) is 0 Å². The molecule has 2 rings (SSSR count). The highest BCUT2D eigenvalue weighted by Crippen LogP contribution is 2.32. The standard InChI is InChI=1S/C16H26FN3/c1-4-20(15-7-5-14(17)6-8-15)16(11-18)9-10-19(12-16)13(2)3/h5-8,13H,4,9-12,18H2,1-3H3. The molecule has 0 aromatic heterocycles. The molecule has 1 aliphatic heterocycles. The minimum absolute atomic E-state index is 0.0309. The minimum Gasteiger partial charge on any atom is -0.364 e. The summed E-state index contributed by atoms with van der Waals surface area (Å²) in [6.45, 7) is 10.1. The molecule has 4 heteroatoms. The van der Waals surface area contributed by atoms with Gasteiger partial charge in [-0.15, -0.1) is 0 Å². The first-order valence-corrected chi connectivity index (χ1v) is 7.50. The number of nitrogens with zero attached hydrogens (tertiary/aromatic N) is 2. The number of nitrogens with two attached hydrogens (primary N) is 1. The summed E-state index contributed by atoms with van der Waals surface area (Å²) in [7, 11) is 0. The summed E-state index contributed by atoms with van der Waals surface area (Å²) in [6, 6.07) is 7.30. The van der Waals surface area contributed by atoms with Gasteiger partial charge < -0.3 is 10.6 Å². The fourth-order valence-corrected chi connectivity index (χ4v) is 3.24. The molecule has 112 valence electrons. The van der Waals surface area contributed by atoms with E-state index in [0.29, 0.717) is 12.6 Å². The van der Waals surface area contributed by atoms with Crippen LogP contribution in [0.15, 0.2) is 24.3 Å². The van der Waals surface area contributed by atoms with Gasteiger partial charge in [-0.05, 0) is 51.5 Å². The van der Waals surface area contributed by atoms with Gasteiger partial charge in [0, 0.05) is 37.9 Å². The molecule has 1 fully saturated rings. The van der Waals surface area contributed by atoms with Gasteiger partial charge in [0.25, 0.3) is 0 Å². The minimum atomic E-state index is -0.193. The summed E-state index contributed by atoms with van der Waals surface area (Å²) in [5.74, 6) is -0.193. The van der Waals surface area contributed by atoms with Crippen LogP contribution in [0.1, 0.15) is 27.2 Å². The van der Waals surface area contributed by atoms with Gasteiger partial charge in [0.15, 0.2) is 0 Å². The number of anilines is 1. The van der Waals surface area contributed by atoms with Crippen LogP contribution in [0.3, 0.4) is 0 Å². The molecular formula is C16H26FN3. The van der Waals surface area contributed by atoms with Crippen LogP contribution in [0.4, 0.5) is 10.1 Å². The SMILES string of the molecule is CCN(c1ccc(F)cc1)C1(CN)CCN(C(C)C)C1. The molecule has 0 radical (unpaired) electrons. The van der Waals surface area contributed by atoms with E-state index in [4.69, 9.17) is 5.73 Å². The molecule has 0 amide bonds. The summed E-state index contributed by atoms with van der Waals surface area (Å²) in [5.41, 5.74) is 7.16. The lowest BCUT2D eigenvalue weighted by atomic mass is 9.95. The molecule has 3 nitrogen and oxygen atoms in total. The van der Waals surface area contributed by atoms with Crippen molar-refractivity contribution in [1.82, 2.24) is 4.90 Å². The summed E-state index contributed by atoms with van der Waals surface area (Å²) in [4.78, 5) is 4.81. The average Bonchev–Trinajstić information content (AvgIpc) is 2.88. The fraction of sp³-hybridized carbons (Fsp3) is 0.625. The zero-order valence-corrected chi connectivity index (χ0v) is 12.8. The van der Waals surface area contributed by atoms with Crippen LogP contribution in [-0.4, -0.2) is 42.7 Å². The zero-order chi connectivity index (χ0) is 14.8. The third-order valence-corrected chi connectivity index (χ3v) is 4.50. The Morgan fingerprint density at radius 2 is 2.00 bits per heavy atom.